The summed E-state index contributed by atoms with van der Waals surface area (Å²) in [6.45, 7) is -0.223. The smallest absolute Gasteiger partial charge is 0.262 e. The van der Waals surface area contributed by atoms with Crippen LogP contribution in [0.3, 0.4) is 0 Å². The van der Waals surface area contributed by atoms with Crippen LogP contribution in [0.2, 0.25) is 5.02 Å². The predicted octanol–water partition coefficient (Wildman–Crippen LogP) is 3.18. The highest BCUT2D eigenvalue weighted by atomic mass is 35.5. The summed E-state index contributed by atoms with van der Waals surface area (Å²) >= 11 is 5.84. The maximum atomic E-state index is 11.8. The SMILES string of the molecule is COc1ccc(OCC(=O)Nc2cccc(Cl)c2)c(C=O)c1. The molecule has 0 radical (unpaired) electrons. The van der Waals surface area contributed by atoms with Gasteiger partial charge < -0.3 is 14.8 Å². The topological polar surface area (TPSA) is 64.6 Å². The van der Waals surface area contributed by atoms with Gasteiger partial charge in [0.25, 0.3) is 5.91 Å². The van der Waals surface area contributed by atoms with Gasteiger partial charge in [0.15, 0.2) is 12.9 Å². The van der Waals surface area contributed by atoms with Crippen LogP contribution in [0, 0.1) is 0 Å². The summed E-state index contributed by atoms with van der Waals surface area (Å²) in [5, 5.41) is 3.18. The molecular formula is C16H14ClNO4. The molecule has 0 aliphatic heterocycles. The van der Waals surface area contributed by atoms with E-state index in [1.165, 1.54) is 13.2 Å². The second-order valence-electron chi connectivity index (χ2n) is 4.37. The first-order valence-electron chi connectivity index (χ1n) is 6.44. The Hall–Kier alpha value is -2.53. The molecular weight excluding hydrogens is 306 g/mol. The van der Waals surface area contributed by atoms with E-state index in [1.807, 2.05) is 0 Å². The molecule has 1 N–H and O–H groups in total. The Kier molecular flexibility index (Phi) is 5.38. The van der Waals surface area contributed by atoms with Crippen molar-refractivity contribution in [1.82, 2.24) is 0 Å². The Morgan fingerprint density at radius 3 is 2.77 bits per heavy atom. The fraction of sp³-hybridized carbons (Fsp3) is 0.125. The largest absolute Gasteiger partial charge is 0.497 e. The average Bonchev–Trinajstić information content (AvgIpc) is 2.52. The van der Waals surface area contributed by atoms with Crippen molar-refractivity contribution in [2.45, 2.75) is 0 Å². The lowest BCUT2D eigenvalue weighted by Gasteiger charge is -2.10. The molecule has 2 aromatic rings. The lowest BCUT2D eigenvalue weighted by molar-refractivity contribution is -0.118. The lowest BCUT2D eigenvalue weighted by atomic mass is 10.2. The maximum Gasteiger partial charge on any atom is 0.262 e. The highest BCUT2D eigenvalue weighted by Crippen LogP contribution is 2.22. The predicted molar refractivity (Wildman–Crippen MR) is 84.0 cm³/mol. The van der Waals surface area contributed by atoms with Crippen LogP contribution >= 0.6 is 11.6 Å². The quantitative estimate of drug-likeness (QED) is 0.831. The van der Waals surface area contributed by atoms with Gasteiger partial charge in [-0.1, -0.05) is 17.7 Å². The molecule has 2 rings (SSSR count). The minimum Gasteiger partial charge on any atom is -0.497 e. The number of hydrogen-bond acceptors (Lipinski definition) is 4. The molecule has 5 nitrogen and oxygen atoms in total. The average molecular weight is 320 g/mol. The molecule has 0 aliphatic carbocycles. The number of anilines is 1. The van der Waals surface area contributed by atoms with E-state index in [0.717, 1.165) is 0 Å². The molecule has 0 atom stereocenters. The Morgan fingerprint density at radius 1 is 1.27 bits per heavy atom. The molecule has 1 amide bonds. The van der Waals surface area contributed by atoms with Crippen molar-refractivity contribution in [3.63, 3.8) is 0 Å². The fourth-order valence-electron chi connectivity index (χ4n) is 1.78. The van der Waals surface area contributed by atoms with Gasteiger partial charge in [-0.15, -0.1) is 0 Å². The van der Waals surface area contributed by atoms with E-state index in [4.69, 9.17) is 21.1 Å². The third-order valence-corrected chi connectivity index (χ3v) is 3.05. The number of carbonyl (C=O) groups excluding carboxylic acids is 2. The highest BCUT2D eigenvalue weighted by Gasteiger charge is 2.08. The monoisotopic (exact) mass is 319 g/mol. The zero-order valence-electron chi connectivity index (χ0n) is 11.8. The molecule has 0 heterocycles. The maximum absolute atomic E-state index is 11.8. The number of rotatable bonds is 6. The summed E-state index contributed by atoms with van der Waals surface area (Å²) in [6.07, 6.45) is 0.646. The molecule has 0 bridgehead atoms. The van der Waals surface area contributed by atoms with E-state index < -0.39 is 0 Å². The number of methoxy groups -OCH3 is 1. The number of halogens is 1. The minimum atomic E-state index is -0.352. The van der Waals surface area contributed by atoms with Crippen LogP contribution in [-0.4, -0.2) is 25.9 Å². The summed E-state index contributed by atoms with van der Waals surface area (Å²) in [6, 6.07) is 11.6. The van der Waals surface area contributed by atoms with Crippen LogP contribution in [0.5, 0.6) is 11.5 Å². The third kappa shape index (κ3) is 4.23. The number of ether oxygens (including phenoxy) is 2. The van der Waals surface area contributed by atoms with Crippen LogP contribution in [0.25, 0.3) is 0 Å². The van der Waals surface area contributed by atoms with Gasteiger partial charge >= 0.3 is 0 Å². The van der Waals surface area contributed by atoms with E-state index in [0.29, 0.717) is 34.1 Å². The summed E-state index contributed by atoms with van der Waals surface area (Å²) in [4.78, 5) is 22.8. The summed E-state index contributed by atoms with van der Waals surface area (Å²) in [5.74, 6) is 0.504. The van der Waals surface area contributed by atoms with Gasteiger partial charge in [-0.3, -0.25) is 9.59 Å². The zero-order valence-corrected chi connectivity index (χ0v) is 12.6. The Labute approximate surface area is 132 Å². The first-order valence-corrected chi connectivity index (χ1v) is 6.81. The van der Waals surface area contributed by atoms with Crippen molar-refractivity contribution >= 4 is 29.5 Å². The second kappa shape index (κ2) is 7.47. The second-order valence-corrected chi connectivity index (χ2v) is 4.81. The molecule has 0 saturated heterocycles. The molecule has 0 saturated carbocycles. The van der Waals surface area contributed by atoms with Crippen LogP contribution in [0.1, 0.15) is 10.4 Å². The molecule has 0 unspecified atom stereocenters. The van der Waals surface area contributed by atoms with Crippen LogP contribution in [0.15, 0.2) is 42.5 Å². The van der Waals surface area contributed by atoms with Gasteiger partial charge in [0.1, 0.15) is 11.5 Å². The Balaban J connectivity index is 1.97. The third-order valence-electron chi connectivity index (χ3n) is 2.81. The fourth-order valence-corrected chi connectivity index (χ4v) is 1.97. The van der Waals surface area contributed by atoms with Gasteiger partial charge in [-0.05, 0) is 36.4 Å². The molecule has 0 fully saturated rings. The van der Waals surface area contributed by atoms with Crippen molar-refractivity contribution in [1.29, 1.82) is 0 Å². The normalized spacial score (nSPS) is 9.91. The van der Waals surface area contributed by atoms with Crippen LogP contribution in [0.4, 0.5) is 5.69 Å². The molecule has 6 heteroatoms. The number of amides is 1. The van der Waals surface area contributed by atoms with E-state index in [2.05, 4.69) is 5.32 Å². The van der Waals surface area contributed by atoms with Gasteiger partial charge in [-0.2, -0.15) is 0 Å². The Morgan fingerprint density at radius 2 is 2.09 bits per heavy atom. The molecule has 0 spiro atoms. The molecule has 0 aromatic heterocycles. The highest BCUT2D eigenvalue weighted by molar-refractivity contribution is 6.30. The number of carbonyl (C=O) groups is 2. The summed E-state index contributed by atoms with van der Waals surface area (Å²) in [7, 11) is 1.50. The Bertz CT molecular complexity index is 688. The number of nitrogens with one attached hydrogen (secondary N) is 1. The van der Waals surface area contributed by atoms with Crippen LogP contribution in [-0.2, 0) is 4.79 Å². The van der Waals surface area contributed by atoms with Crippen molar-refractivity contribution in [3.05, 3.63) is 53.1 Å². The lowest BCUT2D eigenvalue weighted by Crippen LogP contribution is -2.20. The molecule has 114 valence electrons. The van der Waals surface area contributed by atoms with Crippen molar-refractivity contribution in [2.75, 3.05) is 19.0 Å². The number of benzene rings is 2. The van der Waals surface area contributed by atoms with E-state index >= 15 is 0 Å². The molecule has 0 aliphatic rings. The van der Waals surface area contributed by atoms with E-state index in [1.54, 1.807) is 36.4 Å². The van der Waals surface area contributed by atoms with Crippen molar-refractivity contribution < 1.29 is 19.1 Å². The first-order chi connectivity index (χ1) is 10.6. The first kappa shape index (κ1) is 15.9. The van der Waals surface area contributed by atoms with E-state index in [-0.39, 0.29) is 12.5 Å². The van der Waals surface area contributed by atoms with Gasteiger partial charge in [0, 0.05) is 10.7 Å². The van der Waals surface area contributed by atoms with Crippen molar-refractivity contribution in [3.8, 4) is 11.5 Å². The summed E-state index contributed by atoms with van der Waals surface area (Å²) in [5.41, 5.74) is 0.890. The van der Waals surface area contributed by atoms with Gasteiger partial charge in [0.05, 0.1) is 12.7 Å². The molecule has 2 aromatic carbocycles. The van der Waals surface area contributed by atoms with Gasteiger partial charge in [-0.25, -0.2) is 0 Å². The van der Waals surface area contributed by atoms with Crippen LogP contribution < -0.4 is 14.8 Å². The summed E-state index contributed by atoms with van der Waals surface area (Å²) < 4.78 is 10.4. The van der Waals surface area contributed by atoms with E-state index in [9.17, 15) is 9.59 Å². The number of hydrogen-bond donors (Lipinski definition) is 1. The van der Waals surface area contributed by atoms with Crippen molar-refractivity contribution in [2.24, 2.45) is 0 Å². The minimum absolute atomic E-state index is 0.223. The van der Waals surface area contributed by atoms with Gasteiger partial charge in [0.2, 0.25) is 0 Å². The number of aldehydes is 1. The zero-order chi connectivity index (χ0) is 15.9. The molecule has 22 heavy (non-hydrogen) atoms. The standard InChI is InChI=1S/C16H14ClNO4/c1-21-14-5-6-15(11(7-14)9-19)22-10-16(20)18-13-4-2-3-12(17)8-13/h2-9H,10H2,1H3,(H,18,20).